The van der Waals surface area contributed by atoms with Crippen LogP contribution in [0.25, 0.3) is 0 Å². The molecule has 0 N–H and O–H groups in total. The maximum atomic E-state index is 2.70. The molecule has 1 nitrogen and oxygen atoms in total. The second-order valence-corrected chi connectivity index (χ2v) is 5.70. The Labute approximate surface area is 115 Å². The van der Waals surface area contributed by atoms with E-state index >= 15 is 0 Å². The van der Waals surface area contributed by atoms with Crippen molar-refractivity contribution in [2.24, 2.45) is 0 Å². The first-order chi connectivity index (χ1) is 8.88. The third-order valence-electron chi connectivity index (χ3n) is 3.99. The van der Waals surface area contributed by atoms with Crippen LogP contribution in [0.15, 0.2) is 11.8 Å². The van der Waals surface area contributed by atoms with Gasteiger partial charge in [0.25, 0.3) is 0 Å². The van der Waals surface area contributed by atoms with E-state index in [0.717, 1.165) is 0 Å². The van der Waals surface area contributed by atoms with Crippen LogP contribution in [0.2, 0.25) is 0 Å². The first-order valence-corrected chi connectivity index (χ1v) is 8.32. The molecule has 0 bridgehead atoms. The third kappa shape index (κ3) is 6.47. The van der Waals surface area contributed by atoms with Gasteiger partial charge in [0, 0.05) is 18.8 Å². The number of unbranched alkanes of at least 4 members (excludes halogenated alkanes) is 4. The normalized spacial score (nSPS) is 16.2. The number of nitrogens with zero attached hydrogens (tertiary/aromatic N) is 1. The van der Waals surface area contributed by atoms with Crippen molar-refractivity contribution in [3.8, 4) is 0 Å². The summed E-state index contributed by atoms with van der Waals surface area (Å²) in [7, 11) is 0. The number of rotatable bonds is 9. The largest absolute Gasteiger partial charge is 0.375 e. The molecular weight excluding hydrogens is 218 g/mol. The van der Waals surface area contributed by atoms with Crippen molar-refractivity contribution in [3.63, 3.8) is 0 Å². The van der Waals surface area contributed by atoms with Gasteiger partial charge in [-0.3, -0.25) is 0 Å². The van der Waals surface area contributed by atoms with Crippen LogP contribution >= 0.6 is 0 Å². The average molecular weight is 251 g/mol. The lowest BCUT2D eigenvalue weighted by Crippen LogP contribution is -2.25. The molecule has 0 saturated carbocycles. The summed E-state index contributed by atoms with van der Waals surface area (Å²) >= 11 is 0. The summed E-state index contributed by atoms with van der Waals surface area (Å²) in [5.74, 6) is 0. The van der Waals surface area contributed by atoms with Gasteiger partial charge in [-0.05, 0) is 38.5 Å². The summed E-state index contributed by atoms with van der Waals surface area (Å²) in [6, 6.07) is 0. The van der Waals surface area contributed by atoms with Crippen LogP contribution < -0.4 is 0 Å². The highest BCUT2D eigenvalue weighted by atomic mass is 15.1. The lowest BCUT2D eigenvalue weighted by Gasteiger charge is -2.27. The second-order valence-electron chi connectivity index (χ2n) is 5.70. The SMILES string of the molecule is CCCCCN(CCCCC)C1=CCCCCC1. The minimum absolute atomic E-state index is 1.30. The summed E-state index contributed by atoms with van der Waals surface area (Å²) in [4.78, 5) is 2.70. The quantitative estimate of drug-likeness (QED) is 0.488. The molecule has 0 unspecified atom stereocenters. The molecule has 0 atom stereocenters. The Kier molecular flexibility index (Phi) is 9.06. The molecule has 0 spiro atoms. The van der Waals surface area contributed by atoms with Crippen LogP contribution in [0.5, 0.6) is 0 Å². The highest BCUT2D eigenvalue weighted by Gasteiger charge is 2.10. The number of hydrogen-bond acceptors (Lipinski definition) is 1. The Balaban J connectivity index is 2.42. The molecule has 18 heavy (non-hydrogen) atoms. The zero-order chi connectivity index (χ0) is 13.1. The Morgan fingerprint density at radius 1 is 0.889 bits per heavy atom. The van der Waals surface area contributed by atoms with E-state index < -0.39 is 0 Å². The van der Waals surface area contributed by atoms with Crippen LogP contribution in [0.1, 0.15) is 84.5 Å². The molecule has 0 amide bonds. The summed E-state index contributed by atoms with van der Waals surface area (Å²) in [6.07, 6.45) is 17.6. The van der Waals surface area contributed by atoms with Crippen molar-refractivity contribution in [1.29, 1.82) is 0 Å². The van der Waals surface area contributed by atoms with Gasteiger partial charge in [-0.15, -0.1) is 0 Å². The molecule has 0 fully saturated rings. The van der Waals surface area contributed by atoms with E-state index in [9.17, 15) is 0 Å². The van der Waals surface area contributed by atoms with E-state index in [1.54, 1.807) is 5.70 Å². The van der Waals surface area contributed by atoms with Crippen LogP contribution in [-0.4, -0.2) is 18.0 Å². The Bertz CT molecular complexity index is 210. The molecule has 0 aliphatic heterocycles. The molecule has 0 saturated heterocycles. The van der Waals surface area contributed by atoms with Gasteiger partial charge in [0.2, 0.25) is 0 Å². The first kappa shape index (κ1) is 15.6. The Morgan fingerprint density at radius 2 is 1.56 bits per heavy atom. The van der Waals surface area contributed by atoms with E-state index in [1.807, 2.05) is 0 Å². The molecule has 1 aliphatic rings. The summed E-state index contributed by atoms with van der Waals surface area (Å²) in [5.41, 5.74) is 1.67. The van der Waals surface area contributed by atoms with Gasteiger partial charge in [-0.25, -0.2) is 0 Å². The zero-order valence-electron chi connectivity index (χ0n) is 12.7. The predicted octanol–water partition coefficient (Wildman–Crippen LogP) is 5.52. The van der Waals surface area contributed by atoms with Gasteiger partial charge in [0.1, 0.15) is 0 Å². The van der Waals surface area contributed by atoms with Gasteiger partial charge in [-0.1, -0.05) is 52.0 Å². The van der Waals surface area contributed by atoms with Crippen molar-refractivity contribution in [3.05, 3.63) is 11.8 Å². The molecule has 106 valence electrons. The smallest absolute Gasteiger partial charge is 0.0174 e. The van der Waals surface area contributed by atoms with E-state index in [1.165, 1.54) is 83.7 Å². The second kappa shape index (κ2) is 10.5. The van der Waals surface area contributed by atoms with E-state index in [2.05, 4.69) is 24.8 Å². The highest BCUT2D eigenvalue weighted by Crippen LogP contribution is 2.21. The topological polar surface area (TPSA) is 3.24 Å². The Hall–Kier alpha value is -0.460. The predicted molar refractivity (Wildman–Crippen MR) is 81.8 cm³/mol. The molecule has 0 aromatic carbocycles. The molecule has 0 radical (unpaired) electrons. The van der Waals surface area contributed by atoms with Gasteiger partial charge in [0.05, 0.1) is 0 Å². The van der Waals surface area contributed by atoms with E-state index in [4.69, 9.17) is 0 Å². The molecule has 1 rings (SSSR count). The zero-order valence-corrected chi connectivity index (χ0v) is 12.7. The molecule has 0 heterocycles. The van der Waals surface area contributed by atoms with Gasteiger partial charge in [-0.2, -0.15) is 0 Å². The fourth-order valence-corrected chi connectivity index (χ4v) is 2.79. The third-order valence-corrected chi connectivity index (χ3v) is 3.99. The van der Waals surface area contributed by atoms with Crippen LogP contribution in [0, 0.1) is 0 Å². The summed E-state index contributed by atoms with van der Waals surface area (Å²) in [6.45, 7) is 7.19. The molecular formula is C17H33N. The molecule has 1 aliphatic carbocycles. The summed E-state index contributed by atoms with van der Waals surface area (Å²) in [5, 5.41) is 0. The maximum Gasteiger partial charge on any atom is 0.0174 e. The fraction of sp³-hybridized carbons (Fsp3) is 0.882. The van der Waals surface area contributed by atoms with Crippen molar-refractivity contribution in [2.45, 2.75) is 84.5 Å². The van der Waals surface area contributed by atoms with Crippen molar-refractivity contribution >= 4 is 0 Å². The fourth-order valence-electron chi connectivity index (χ4n) is 2.79. The minimum Gasteiger partial charge on any atom is -0.375 e. The van der Waals surface area contributed by atoms with Crippen molar-refractivity contribution in [2.75, 3.05) is 13.1 Å². The number of allylic oxidation sites excluding steroid dienone is 2. The maximum absolute atomic E-state index is 2.70. The monoisotopic (exact) mass is 251 g/mol. The van der Waals surface area contributed by atoms with Gasteiger partial charge in [0.15, 0.2) is 0 Å². The van der Waals surface area contributed by atoms with E-state index in [0.29, 0.717) is 0 Å². The van der Waals surface area contributed by atoms with Crippen LogP contribution in [0.3, 0.4) is 0 Å². The molecule has 0 aromatic rings. The highest BCUT2D eigenvalue weighted by molar-refractivity contribution is 5.03. The van der Waals surface area contributed by atoms with Gasteiger partial charge >= 0.3 is 0 Å². The molecule has 1 heteroatoms. The van der Waals surface area contributed by atoms with Crippen molar-refractivity contribution < 1.29 is 0 Å². The minimum atomic E-state index is 1.30. The lowest BCUT2D eigenvalue weighted by atomic mass is 10.1. The van der Waals surface area contributed by atoms with Crippen LogP contribution in [0.4, 0.5) is 0 Å². The lowest BCUT2D eigenvalue weighted by molar-refractivity contribution is 0.314. The number of hydrogen-bond donors (Lipinski definition) is 0. The Morgan fingerprint density at radius 3 is 2.17 bits per heavy atom. The van der Waals surface area contributed by atoms with Gasteiger partial charge < -0.3 is 4.90 Å². The average Bonchev–Trinajstić information content (AvgIpc) is 2.66. The van der Waals surface area contributed by atoms with Crippen LogP contribution in [-0.2, 0) is 0 Å². The van der Waals surface area contributed by atoms with Crippen molar-refractivity contribution in [1.82, 2.24) is 4.90 Å². The standard InChI is InChI=1S/C17H33N/c1-3-5-11-15-18(16-12-6-4-2)17-13-9-7-8-10-14-17/h13H,3-12,14-16H2,1-2H3. The molecule has 0 aromatic heterocycles. The first-order valence-electron chi connectivity index (χ1n) is 8.32. The summed E-state index contributed by atoms with van der Waals surface area (Å²) < 4.78 is 0. The van der Waals surface area contributed by atoms with E-state index in [-0.39, 0.29) is 0 Å².